The number of carbonyl (C=O) groups is 3. The Balaban J connectivity index is 4.22. The highest BCUT2D eigenvalue weighted by molar-refractivity contribution is 5.72. The van der Waals surface area contributed by atoms with Crippen LogP contribution in [0.1, 0.15) is 342 Å². The molecule has 6 heteroatoms. The van der Waals surface area contributed by atoms with Gasteiger partial charge in [-0.15, -0.1) is 0 Å². The summed E-state index contributed by atoms with van der Waals surface area (Å²) in [6.45, 7) is 6.47. The summed E-state index contributed by atoms with van der Waals surface area (Å²) in [5.41, 5.74) is 0. The molecule has 77 heavy (non-hydrogen) atoms. The van der Waals surface area contributed by atoms with Crippen LogP contribution in [0.5, 0.6) is 0 Å². The van der Waals surface area contributed by atoms with Crippen molar-refractivity contribution < 1.29 is 28.6 Å². The van der Waals surface area contributed by atoms with Gasteiger partial charge in [0.15, 0.2) is 6.10 Å². The van der Waals surface area contributed by atoms with Gasteiger partial charge in [0.05, 0.1) is 6.42 Å². The average Bonchev–Trinajstić information content (AvgIpc) is 3.43. The molecule has 0 aromatic carbocycles. The van der Waals surface area contributed by atoms with Crippen LogP contribution in [0.25, 0.3) is 0 Å². The Morgan fingerprint density at radius 3 is 0.844 bits per heavy atom. The van der Waals surface area contributed by atoms with Crippen molar-refractivity contribution in [3.63, 3.8) is 0 Å². The molecule has 446 valence electrons. The summed E-state index contributed by atoms with van der Waals surface area (Å²) >= 11 is 0. The lowest BCUT2D eigenvalue weighted by Crippen LogP contribution is -2.30. The van der Waals surface area contributed by atoms with E-state index in [-0.39, 0.29) is 31.6 Å². The molecule has 0 aliphatic carbocycles. The van der Waals surface area contributed by atoms with Gasteiger partial charge in [-0.05, 0) is 70.6 Å². The van der Waals surface area contributed by atoms with Crippen molar-refractivity contribution >= 4 is 17.9 Å². The summed E-state index contributed by atoms with van der Waals surface area (Å²) in [5, 5.41) is 0. The minimum Gasteiger partial charge on any atom is -0.462 e. The van der Waals surface area contributed by atoms with Crippen LogP contribution in [0.3, 0.4) is 0 Å². The van der Waals surface area contributed by atoms with Crippen molar-refractivity contribution in [1.29, 1.82) is 0 Å². The zero-order valence-corrected chi connectivity index (χ0v) is 51.2. The largest absolute Gasteiger partial charge is 0.462 e. The normalized spacial score (nSPS) is 12.5. The smallest absolute Gasteiger partial charge is 0.310 e. The van der Waals surface area contributed by atoms with Gasteiger partial charge in [0.2, 0.25) is 0 Å². The second-order valence-electron chi connectivity index (χ2n) is 22.4. The lowest BCUT2D eigenvalue weighted by atomic mass is 10.0. The van der Waals surface area contributed by atoms with Crippen LogP contribution in [-0.2, 0) is 28.6 Å². The predicted molar refractivity (Wildman–Crippen MR) is 335 cm³/mol. The number of ether oxygens (including phenoxy) is 3. The van der Waals surface area contributed by atoms with E-state index in [1.165, 1.54) is 218 Å². The van der Waals surface area contributed by atoms with E-state index in [1.807, 2.05) is 6.08 Å². The van der Waals surface area contributed by atoms with E-state index in [9.17, 15) is 14.4 Å². The maximum atomic E-state index is 12.8. The second-order valence-corrected chi connectivity index (χ2v) is 22.4. The van der Waals surface area contributed by atoms with Crippen molar-refractivity contribution in [2.24, 2.45) is 0 Å². The van der Waals surface area contributed by atoms with Gasteiger partial charge in [-0.2, -0.15) is 0 Å². The lowest BCUT2D eigenvalue weighted by molar-refractivity contribution is -0.166. The molecule has 0 spiro atoms. The van der Waals surface area contributed by atoms with E-state index in [0.717, 1.165) is 83.5 Å². The Kier molecular flexibility index (Phi) is 62.7. The van der Waals surface area contributed by atoms with E-state index in [0.29, 0.717) is 12.8 Å². The Morgan fingerprint density at radius 2 is 0.545 bits per heavy atom. The third-order valence-electron chi connectivity index (χ3n) is 14.7. The maximum absolute atomic E-state index is 12.8. The second kappa shape index (κ2) is 65.4. The summed E-state index contributed by atoms with van der Waals surface area (Å²) in [4.78, 5) is 38.2. The van der Waals surface area contributed by atoms with Gasteiger partial charge in [0.1, 0.15) is 13.2 Å². The SMILES string of the molecule is CC/C=C\C/C=C\C/C=C\C/C=C\C/C=C\CC(=O)OC(COC(=O)CCCCCCC/C=C\CCCCCCC)COC(=O)CCCCCCCCCCCCCCCCCCCCCCCCCCCCCCCC. The van der Waals surface area contributed by atoms with Crippen molar-refractivity contribution in [2.45, 2.75) is 348 Å². The quantitative estimate of drug-likeness (QED) is 0.0261. The molecule has 0 fully saturated rings. The third-order valence-corrected chi connectivity index (χ3v) is 14.7. The van der Waals surface area contributed by atoms with Crippen LogP contribution in [0.15, 0.2) is 72.9 Å². The fourth-order valence-corrected chi connectivity index (χ4v) is 9.75. The molecule has 0 saturated carbocycles. The van der Waals surface area contributed by atoms with Gasteiger partial charge in [-0.1, -0.05) is 325 Å². The maximum Gasteiger partial charge on any atom is 0.310 e. The Bertz CT molecular complexity index is 1420. The molecule has 1 unspecified atom stereocenters. The van der Waals surface area contributed by atoms with Gasteiger partial charge < -0.3 is 14.2 Å². The summed E-state index contributed by atoms with van der Waals surface area (Å²) in [6, 6.07) is 0. The highest BCUT2D eigenvalue weighted by Gasteiger charge is 2.19. The van der Waals surface area contributed by atoms with Gasteiger partial charge in [-0.3, -0.25) is 14.4 Å². The Morgan fingerprint density at radius 1 is 0.286 bits per heavy atom. The highest BCUT2D eigenvalue weighted by Crippen LogP contribution is 2.18. The van der Waals surface area contributed by atoms with Crippen LogP contribution in [0, 0.1) is 0 Å². The first-order valence-corrected chi connectivity index (χ1v) is 33.4. The minimum absolute atomic E-state index is 0.0976. The van der Waals surface area contributed by atoms with E-state index >= 15 is 0 Å². The molecule has 0 rings (SSSR count). The fraction of sp³-hybridized carbons (Fsp3) is 0.789. The molecule has 0 N–H and O–H groups in total. The summed E-state index contributed by atoms with van der Waals surface area (Å²) in [5.74, 6) is -1.04. The lowest BCUT2D eigenvalue weighted by Gasteiger charge is -2.18. The number of carbonyl (C=O) groups excluding carboxylic acids is 3. The third kappa shape index (κ3) is 63.6. The minimum atomic E-state index is -0.832. The van der Waals surface area contributed by atoms with Gasteiger partial charge in [0, 0.05) is 12.8 Å². The fourth-order valence-electron chi connectivity index (χ4n) is 9.75. The van der Waals surface area contributed by atoms with Crippen molar-refractivity contribution in [2.75, 3.05) is 13.2 Å². The molecule has 0 aromatic heterocycles. The van der Waals surface area contributed by atoms with Crippen LogP contribution >= 0.6 is 0 Å². The number of unbranched alkanes of at least 4 members (excludes halogenated alkanes) is 39. The van der Waals surface area contributed by atoms with Crippen LogP contribution in [0.4, 0.5) is 0 Å². The average molecular weight is 1080 g/mol. The predicted octanol–water partition coefficient (Wildman–Crippen LogP) is 22.9. The molecule has 0 aliphatic rings. The topological polar surface area (TPSA) is 78.9 Å². The van der Waals surface area contributed by atoms with E-state index in [1.54, 1.807) is 6.08 Å². The highest BCUT2D eigenvalue weighted by atomic mass is 16.6. The molecular weight excluding hydrogens is 949 g/mol. The van der Waals surface area contributed by atoms with Crippen molar-refractivity contribution in [1.82, 2.24) is 0 Å². The first kappa shape index (κ1) is 73.8. The number of esters is 3. The Hall–Kier alpha value is -3.15. The Labute approximate surface area is 478 Å². The number of rotatable bonds is 61. The summed E-state index contributed by atoms with van der Waals surface area (Å²) in [6.07, 6.45) is 85.4. The standard InChI is InChI=1S/C71H126O6/c1-4-7-10-13-16-19-22-25-28-29-30-31-32-33-34-35-36-37-38-39-40-41-42-44-46-49-52-55-58-61-64-70(73)76-67-68(66-75-69(72)63-60-57-54-51-48-45-27-24-21-18-15-12-9-6-3)77-71(74)65-62-59-56-53-50-47-43-26-23-20-17-14-11-8-5-2/h8,11,17,20,24,26-27,43,50,53,59,62,68H,4-7,9-10,12-16,18-19,21-23,25,28-42,44-49,51-52,54-58,60-61,63-67H2,1-3H3/b11-8-,20-17-,27-24-,43-26-,53-50-,62-59-. The molecular formula is C71H126O6. The van der Waals surface area contributed by atoms with Crippen molar-refractivity contribution in [3.8, 4) is 0 Å². The summed E-state index contributed by atoms with van der Waals surface area (Å²) < 4.78 is 16.8. The van der Waals surface area contributed by atoms with E-state index in [2.05, 4.69) is 81.5 Å². The van der Waals surface area contributed by atoms with Crippen LogP contribution in [-0.4, -0.2) is 37.2 Å². The zero-order valence-electron chi connectivity index (χ0n) is 51.2. The van der Waals surface area contributed by atoms with Gasteiger partial charge in [-0.25, -0.2) is 0 Å². The molecule has 0 heterocycles. The zero-order chi connectivity index (χ0) is 55.7. The van der Waals surface area contributed by atoms with Crippen molar-refractivity contribution in [3.05, 3.63) is 72.9 Å². The van der Waals surface area contributed by atoms with Crippen LogP contribution < -0.4 is 0 Å². The van der Waals surface area contributed by atoms with Gasteiger partial charge in [0.25, 0.3) is 0 Å². The summed E-state index contributed by atoms with van der Waals surface area (Å²) in [7, 11) is 0. The number of allylic oxidation sites excluding steroid dienone is 11. The van der Waals surface area contributed by atoms with E-state index < -0.39 is 12.1 Å². The first-order valence-electron chi connectivity index (χ1n) is 33.4. The van der Waals surface area contributed by atoms with Gasteiger partial charge >= 0.3 is 17.9 Å². The molecule has 0 saturated heterocycles. The molecule has 1 atom stereocenters. The molecule has 0 aliphatic heterocycles. The van der Waals surface area contributed by atoms with Crippen LogP contribution in [0.2, 0.25) is 0 Å². The first-order chi connectivity index (χ1) is 38.0. The number of hydrogen-bond donors (Lipinski definition) is 0. The molecule has 0 bridgehead atoms. The molecule has 6 nitrogen and oxygen atoms in total. The molecule has 0 amide bonds. The molecule has 0 radical (unpaired) electrons. The molecule has 0 aromatic rings. The van der Waals surface area contributed by atoms with E-state index in [4.69, 9.17) is 14.2 Å². The monoisotopic (exact) mass is 1070 g/mol. The number of hydrogen-bond acceptors (Lipinski definition) is 6.